The van der Waals surface area contributed by atoms with E-state index in [1.54, 1.807) is 0 Å². The van der Waals surface area contributed by atoms with Crippen LogP contribution in [0.4, 0.5) is 8.78 Å². The fourth-order valence-electron chi connectivity index (χ4n) is 3.82. The number of nitrogens with zero attached hydrogens (tertiary/aromatic N) is 3. The summed E-state index contributed by atoms with van der Waals surface area (Å²) in [7, 11) is 0. The van der Waals surface area contributed by atoms with Crippen LogP contribution in [-0.2, 0) is 6.54 Å². The zero-order valence-corrected chi connectivity index (χ0v) is 16.7. The molecule has 3 aliphatic heterocycles. The zero-order valence-electron chi connectivity index (χ0n) is 15.9. The molecule has 11 heteroatoms. The summed E-state index contributed by atoms with van der Waals surface area (Å²) in [4.78, 5) is 1.92. The molecule has 4 N–H and O–H groups in total. The van der Waals surface area contributed by atoms with Crippen molar-refractivity contribution in [1.82, 2.24) is 36.6 Å². The van der Waals surface area contributed by atoms with Crippen LogP contribution >= 0.6 is 11.6 Å². The van der Waals surface area contributed by atoms with Crippen LogP contribution in [0.15, 0.2) is 34.1 Å². The summed E-state index contributed by atoms with van der Waals surface area (Å²) in [5.74, 6) is 0.708. The summed E-state index contributed by atoms with van der Waals surface area (Å²) in [5, 5.41) is 14.7. The maximum absolute atomic E-state index is 14.3. The van der Waals surface area contributed by atoms with Crippen LogP contribution in [0.3, 0.4) is 0 Å². The number of nitrogens with one attached hydrogen (secondary N) is 4. The van der Waals surface area contributed by atoms with E-state index in [1.807, 2.05) is 11.0 Å². The van der Waals surface area contributed by atoms with E-state index in [-0.39, 0.29) is 23.0 Å². The first kappa shape index (κ1) is 19.1. The van der Waals surface area contributed by atoms with Gasteiger partial charge in [0.2, 0.25) is 5.89 Å². The van der Waals surface area contributed by atoms with Gasteiger partial charge in [-0.15, -0.1) is 10.2 Å². The lowest BCUT2D eigenvalue weighted by atomic mass is 10.1. The van der Waals surface area contributed by atoms with Crippen molar-refractivity contribution in [1.29, 1.82) is 0 Å². The fraction of sp³-hybridized carbons (Fsp3) is 0.368. The SMILES string of the molecule is Fc1ccc(F)c(CN2CCNC3=C2C=C(c2nnc(C4CCNC4)o2)NN3)c1Cl. The summed E-state index contributed by atoms with van der Waals surface area (Å²) >= 11 is 6.03. The summed E-state index contributed by atoms with van der Waals surface area (Å²) in [6.45, 7) is 3.08. The van der Waals surface area contributed by atoms with Crippen molar-refractivity contribution in [3.63, 3.8) is 0 Å². The molecule has 2 aromatic rings. The molecule has 158 valence electrons. The maximum atomic E-state index is 14.3. The van der Waals surface area contributed by atoms with Crippen LogP contribution < -0.4 is 21.5 Å². The predicted molar refractivity (Wildman–Crippen MR) is 106 cm³/mol. The summed E-state index contributed by atoms with van der Waals surface area (Å²) in [5.41, 5.74) is 7.59. The third-order valence-electron chi connectivity index (χ3n) is 5.45. The van der Waals surface area contributed by atoms with Gasteiger partial charge in [0, 0.05) is 31.7 Å². The Morgan fingerprint density at radius 1 is 1.17 bits per heavy atom. The maximum Gasteiger partial charge on any atom is 0.265 e. The van der Waals surface area contributed by atoms with Crippen LogP contribution in [0, 0.1) is 11.6 Å². The largest absolute Gasteiger partial charge is 0.419 e. The molecule has 1 atom stereocenters. The van der Waals surface area contributed by atoms with E-state index in [4.69, 9.17) is 16.0 Å². The third-order valence-corrected chi connectivity index (χ3v) is 5.86. The molecule has 1 aromatic heterocycles. The molecule has 0 spiro atoms. The van der Waals surface area contributed by atoms with Gasteiger partial charge >= 0.3 is 0 Å². The van der Waals surface area contributed by atoms with Crippen molar-refractivity contribution in [2.75, 3.05) is 26.2 Å². The molecule has 0 aliphatic carbocycles. The van der Waals surface area contributed by atoms with E-state index in [2.05, 4.69) is 31.7 Å². The smallest absolute Gasteiger partial charge is 0.265 e. The van der Waals surface area contributed by atoms with Crippen molar-refractivity contribution in [3.8, 4) is 0 Å². The Kier molecular flexibility index (Phi) is 4.95. The summed E-state index contributed by atoms with van der Waals surface area (Å²) in [6, 6.07) is 2.12. The van der Waals surface area contributed by atoms with Gasteiger partial charge in [-0.25, -0.2) is 8.78 Å². The standard InChI is InChI=1S/C19H20ClF2N7O/c20-16-11(12(21)1-2-13(16)22)9-29-6-5-24-17-15(29)7-14(25-26-17)19-28-27-18(30-19)10-3-4-23-8-10/h1-2,7,10,23-26H,3-6,8-9H2. The van der Waals surface area contributed by atoms with Crippen molar-refractivity contribution in [2.45, 2.75) is 18.9 Å². The first-order valence-corrected chi connectivity index (χ1v) is 10.1. The van der Waals surface area contributed by atoms with Gasteiger partial charge in [-0.05, 0) is 31.2 Å². The topological polar surface area (TPSA) is 90.3 Å². The van der Waals surface area contributed by atoms with Crippen LogP contribution in [0.25, 0.3) is 5.70 Å². The Hall–Kier alpha value is -2.85. The molecule has 1 fully saturated rings. The van der Waals surface area contributed by atoms with Gasteiger partial charge < -0.3 is 20.0 Å². The van der Waals surface area contributed by atoms with Crippen molar-refractivity contribution < 1.29 is 13.2 Å². The highest BCUT2D eigenvalue weighted by Gasteiger charge is 2.28. The molecular weight excluding hydrogens is 416 g/mol. The second kappa shape index (κ2) is 7.77. The minimum Gasteiger partial charge on any atom is -0.419 e. The van der Waals surface area contributed by atoms with Crippen LogP contribution in [0.5, 0.6) is 0 Å². The number of hydrogen-bond donors (Lipinski definition) is 4. The van der Waals surface area contributed by atoms with Crippen LogP contribution in [0.1, 0.15) is 29.7 Å². The summed E-state index contributed by atoms with van der Waals surface area (Å²) in [6.07, 6.45) is 2.80. The van der Waals surface area contributed by atoms with Gasteiger partial charge in [0.25, 0.3) is 5.89 Å². The highest BCUT2D eigenvalue weighted by Crippen LogP contribution is 2.29. The van der Waals surface area contributed by atoms with Gasteiger partial charge in [0.05, 0.1) is 16.6 Å². The van der Waals surface area contributed by atoms with Gasteiger partial charge in [-0.3, -0.25) is 10.9 Å². The average molecular weight is 436 g/mol. The molecular formula is C19H20ClF2N7O. The average Bonchev–Trinajstić information content (AvgIpc) is 3.45. The third kappa shape index (κ3) is 3.46. The van der Waals surface area contributed by atoms with Gasteiger partial charge in [0.15, 0.2) is 0 Å². The number of halogens is 3. The second-order valence-corrected chi connectivity index (χ2v) is 7.75. The molecule has 30 heavy (non-hydrogen) atoms. The lowest BCUT2D eigenvalue weighted by Crippen LogP contribution is -2.48. The van der Waals surface area contributed by atoms with Gasteiger partial charge in [-0.2, -0.15) is 0 Å². The van der Waals surface area contributed by atoms with Crippen molar-refractivity contribution in [2.24, 2.45) is 0 Å². The number of allylic oxidation sites excluding steroid dienone is 1. The normalized spacial score (nSPS) is 21.0. The van der Waals surface area contributed by atoms with Gasteiger partial charge in [0.1, 0.15) is 23.2 Å². The van der Waals surface area contributed by atoms with E-state index >= 15 is 0 Å². The minimum atomic E-state index is -0.642. The number of rotatable bonds is 4. The first-order valence-electron chi connectivity index (χ1n) is 9.74. The number of hydrazine groups is 1. The Balaban J connectivity index is 1.42. The van der Waals surface area contributed by atoms with Gasteiger partial charge in [-0.1, -0.05) is 11.6 Å². The quantitative estimate of drug-likeness (QED) is 0.541. The van der Waals surface area contributed by atoms with Crippen molar-refractivity contribution >= 4 is 17.3 Å². The lowest BCUT2D eigenvalue weighted by molar-refractivity contribution is 0.304. The summed E-state index contributed by atoms with van der Waals surface area (Å²) < 4.78 is 34.0. The number of hydrogen-bond acceptors (Lipinski definition) is 8. The molecule has 0 radical (unpaired) electrons. The fourth-order valence-corrected chi connectivity index (χ4v) is 4.03. The highest BCUT2D eigenvalue weighted by molar-refractivity contribution is 6.31. The Labute approximate surface area is 176 Å². The number of benzene rings is 1. The van der Waals surface area contributed by atoms with E-state index in [0.717, 1.165) is 43.2 Å². The first-order chi connectivity index (χ1) is 14.6. The molecule has 5 rings (SSSR count). The van der Waals surface area contributed by atoms with E-state index in [1.165, 1.54) is 0 Å². The molecule has 1 saturated heterocycles. The molecule has 0 amide bonds. The Morgan fingerprint density at radius 2 is 2.03 bits per heavy atom. The van der Waals surface area contributed by atoms with E-state index in [0.29, 0.717) is 30.6 Å². The number of aromatic nitrogens is 2. The highest BCUT2D eigenvalue weighted by atomic mass is 35.5. The molecule has 8 nitrogen and oxygen atoms in total. The zero-order chi connectivity index (χ0) is 20.7. The van der Waals surface area contributed by atoms with E-state index < -0.39 is 11.6 Å². The molecule has 3 aliphatic rings. The lowest BCUT2D eigenvalue weighted by Gasteiger charge is -2.36. The minimum absolute atomic E-state index is 0.118. The molecule has 0 saturated carbocycles. The molecule has 4 heterocycles. The Bertz CT molecular complexity index is 1030. The van der Waals surface area contributed by atoms with Crippen molar-refractivity contribution in [3.05, 3.63) is 63.7 Å². The second-order valence-electron chi connectivity index (χ2n) is 7.37. The molecule has 1 unspecified atom stereocenters. The van der Waals surface area contributed by atoms with Crippen LogP contribution in [-0.4, -0.2) is 41.3 Å². The molecule has 0 bridgehead atoms. The van der Waals surface area contributed by atoms with Crippen LogP contribution in [0.2, 0.25) is 5.02 Å². The Morgan fingerprint density at radius 3 is 2.87 bits per heavy atom. The monoisotopic (exact) mass is 435 g/mol. The molecule has 1 aromatic carbocycles. The van der Waals surface area contributed by atoms with E-state index in [9.17, 15) is 8.78 Å². The predicted octanol–water partition coefficient (Wildman–Crippen LogP) is 1.80.